The monoisotopic (exact) mass is 121 g/mol. The third kappa shape index (κ3) is 1.15. The molecule has 1 amide bonds. The lowest BCUT2D eigenvalue weighted by Gasteiger charge is -1.94. The summed E-state index contributed by atoms with van der Waals surface area (Å²) in [5.41, 5.74) is 6.33. The van der Waals surface area contributed by atoms with E-state index in [-0.39, 0.29) is 5.91 Å². The molecule has 9 heavy (non-hydrogen) atoms. The summed E-state index contributed by atoms with van der Waals surface area (Å²) >= 11 is 0. The maximum atomic E-state index is 10.5. The smallest absolute Gasteiger partial charge is 0.243 e. The van der Waals surface area contributed by atoms with Crippen molar-refractivity contribution in [3.63, 3.8) is 0 Å². The Morgan fingerprint density at radius 3 is 2.44 bits per heavy atom. The number of hydrogen-bond donors (Lipinski definition) is 1. The van der Waals surface area contributed by atoms with Crippen molar-refractivity contribution < 1.29 is 4.79 Å². The predicted molar refractivity (Wildman–Crippen MR) is 35.8 cm³/mol. The number of carbonyl (C=O) groups is 1. The summed E-state index contributed by atoms with van der Waals surface area (Å²) in [5.74, 6) is -0.356. The third-order valence-corrected chi connectivity index (χ3v) is 1.56. The quantitative estimate of drug-likeness (QED) is 0.490. The molecular formula is C6H8BNO. The van der Waals surface area contributed by atoms with Gasteiger partial charge in [0.05, 0.1) is 0 Å². The van der Waals surface area contributed by atoms with Crippen molar-refractivity contribution in [1.29, 1.82) is 0 Å². The molecule has 1 rings (SSSR count). The number of allylic oxidation sites excluding steroid dienone is 1. The van der Waals surface area contributed by atoms with Gasteiger partial charge in [-0.1, -0.05) is 0 Å². The summed E-state index contributed by atoms with van der Waals surface area (Å²) in [7, 11) is 5.46. The van der Waals surface area contributed by atoms with Crippen LogP contribution >= 0.6 is 0 Å². The van der Waals surface area contributed by atoms with Crippen molar-refractivity contribution in [2.24, 2.45) is 5.73 Å². The van der Waals surface area contributed by atoms with Crippen LogP contribution in [0.5, 0.6) is 0 Å². The Hall–Kier alpha value is -0.725. The van der Waals surface area contributed by atoms with Crippen molar-refractivity contribution in [1.82, 2.24) is 0 Å². The molecule has 0 saturated carbocycles. The molecule has 1 aliphatic carbocycles. The van der Waals surface area contributed by atoms with Gasteiger partial charge in [-0.25, -0.2) is 0 Å². The van der Waals surface area contributed by atoms with Gasteiger partial charge in [0.1, 0.15) is 7.85 Å². The molecule has 0 saturated heterocycles. The van der Waals surface area contributed by atoms with Crippen molar-refractivity contribution in [2.45, 2.75) is 19.3 Å². The van der Waals surface area contributed by atoms with Crippen LogP contribution in [0.4, 0.5) is 0 Å². The molecule has 0 aromatic carbocycles. The van der Waals surface area contributed by atoms with Crippen LogP contribution < -0.4 is 5.73 Å². The Bertz CT molecular complexity index is 174. The molecule has 2 radical (unpaired) electrons. The van der Waals surface area contributed by atoms with Crippen LogP contribution in [0.2, 0.25) is 0 Å². The van der Waals surface area contributed by atoms with E-state index in [0.29, 0.717) is 11.0 Å². The van der Waals surface area contributed by atoms with E-state index in [4.69, 9.17) is 13.6 Å². The second-order valence-corrected chi connectivity index (χ2v) is 2.22. The number of amides is 1. The SMILES string of the molecule is [B]C1=C(C(N)=O)CCC1. The van der Waals surface area contributed by atoms with E-state index < -0.39 is 0 Å². The highest BCUT2D eigenvalue weighted by atomic mass is 16.1. The zero-order chi connectivity index (χ0) is 6.85. The molecule has 0 aliphatic heterocycles. The first-order valence-electron chi connectivity index (χ1n) is 2.99. The van der Waals surface area contributed by atoms with E-state index in [1.165, 1.54) is 0 Å². The van der Waals surface area contributed by atoms with E-state index in [1.807, 2.05) is 0 Å². The highest BCUT2D eigenvalue weighted by Gasteiger charge is 2.13. The van der Waals surface area contributed by atoms with Crippen LogP contribution in [-0.2, 0) is 4.79 Å². The second-order valence-electron chi connectivity index (χ2n) is 2.22. The van der Waals surface area contributed by atoms with Gasteiger partial charge in [0.25, 0.3) is 0 Å². The zero-order valence-electron chi connectivity index (χ0n) is 5.18. The van der Waals surface area contributed by atoms with Gasteiger partial charge in [-0.2, -0.15) is 0 Å². The number of carbonyl (C=O) groups excluding carboxylic acids is 1. The topological polar surface area (TPSA) is 43.1 Å². The minimum atomic E-state index is -0.356. The molecule has 0 fully saturated rings. The van der Waals surface area contributed by atoms with Gasteiger partial charge in [-0.15, -0.1) is 5.47 Å². The number of primary amides is 1. The van der Waals surface area contributed by atoms with E-state index in [2.05, 4.69) is 0 Å². The molecule has 0 atom stereocenters. The van der Waals surface area contributed by atoms with Gasteiger partial charge >= 0.3 is 0 Å². The van der Waals surface area contributed by atoms with E-state index >= 15 is 0 Å². The van der Waals surface area contributed by atoms with Crippen LogP contribution in [0, 0.1) is 0 Å². The van der Waals surface area contributed by atoms with Crippen LogP contribution in [0.3, 0.4) is 0 Å². The number of hydrogen-bond acceptors (Lipinski definition) is 1. The van der Waals surface area contributed by atoms with Crippen LogP contribution in [0.1, 0.15) is 19.3 Å². The van der Waals surface area contributed by atoms with E-state index in [0.717, 1.165) is 19.3 Å². The van der Waals surface area contributed by atoms with Gasteiger partial charge < -0.3 is 5.73 Å². The van der Waals surface area contributed by atoms with Gasteiger partial charge in [-0.3, -0.25) is 4.79 Å². The Morgan fingerprint density at radius 2 is 2.22 bits per heavy atom. The number of nitrogens with two attached hydrogens (primary N) is 1. The molecule has 0 aromatic heterocycles. The molecule has 0 aromatic rings. The average molecular weight is 121 g/mol. The summed E-state index contributed by atoms with van der Waals surface area (Å²) in [4.78, 5) is 10.5. The molecule has 2 nitrogen and oxygen atoms in total. The fourth-order valence-electron chi connectivity index (χ4n) is 1.05. The van der Waals surface area contributed by atoms with Gasteiger partial charge in [0.2, 0.25) is 5.91 Å². The van der Waals surface area contributed by atoms with Crippen LogP contribution in [0.25, 0.3) is 0 Å². The summed E-state index contributed by atoms with van der Waals surface area (Å²) in [5, 5.41) is 0. The van der Waals surface area contributed by atoms with Crippen molar-refractivity contribution >= 4 is 13.8 Å². The summed E-state index contributed by atoms with van der Waals surface area (Å²) in [6.07, 6.45) is 2.57. The van der Waals surface area contributed by atoms with Crippen LogP contribution in [-0.4, -0.2) is 13.8 Å². The molecule has 0 unspecified atom stereocenters. The normalized spacial score (nSPS) is 18.7. The van der Waals surface area contributed by atoms with Crippen molar-refractivity contribution in [3.8, 4) is 0 Å². The van der Waals surface area contributed by atoms with Gasteiger partial charge in [0.15, 0.2) is 0 Å². The largest absolute Gasteiger partial charge is 0.366 e. The Morgan fingerprint density at radius 1 is 1.56 bits per heavy atom. The predicted octanol–water partition coefficient (Wildman–Crippen LogP) is 0.0782. The Kier molecular flexibility index (Phi) is 1.60. The molecule has 0 bridgehead atoms. The lowest BCUT2D eigenvalue weighted by Crippen LogP contribution is -2.13. The minimum absolute atomic E-state index is 0.356. The molecule has 2 N–H and O–H groups in total. The standard InChI is InChI=1S/C6H8BNO/c7-5-3-1-2-4(5)6(8)9/h1-3H2,(H2,8,9). The first-order chi connectivity index (χ1) is 4.22. The molecule has 0 heterocycles. The molecule has 46 valence electrons. The fraction of sp³-hybridized carbons (Fsp3) is 0.500. The lowest BCUT2D eigenvalue weighted by atomic mass is 9.92. The number of rotatable bonds is 1. The fourth-order valence-corrected chi connectivity index (χ4v) is 1.05. The summed E-state index contributed by atoms with van der Waals surface area (Å²) in [6, 6.07) is 0. The van der Waals surface area contributed by atoms with E-state index in [9.17, 15) is 4.79 Å². The lowest BCUT2D eigenvalue weighted by molar-refractivity contribution is -0.114. The highest BCUT2D eigenvalue weighted by molar-refractivity contribution is 6.25. The summed E-state index contributed by atoms with van der Waals surface area (Å²) < 4.78 is 0. The zero-order valence-corrected chi connectivity index (χ0v) is 5.18. The summed E-state index contributed by atoms with van der Waals surface area (Å²) in [6.45, 7) is 0. The molecular weight excluding hydrogens is 113 g/mol. The van der Waals surface area contributed by atoms with Gasteiger partial charge in [-0.05, 0) is 19.3 Å². The molecule has 1 aliphatic rings. The molecule has 0 spiro atoms. The highest BCUT2D eigenvalue weighted by Crippen LogP contribution is 2.22. The van der Waals surface area contributed by atoms with Crippen molar-refractivity contribution in [2.75, 3.05) is 0 Å². The Balaban J connectivity index is 2.78. The molecule has 3 heteroatoms. The minimum Gasteiger partial charge on any atom is -0.366 e. The maximum absolute atomic E-state index is 10.5. The Labute approximate surface area is 55.5 Å². The third-order valence-electron chi connectivity index (χ3n) is 1.56. The maximum Gasteiger partial charge on any atom is 0.243 e. The average Bonchev–Trinajstić information content (AvgIpc) is 2.13. The van der Waals surface area contributed by atoms with Crippen molar-refractivity contribution in [3.05, 3.63) is 11.0 Å². The second kappa shape index (κ2) is 2.25. The van der Waals surface area contributed by atoms with Gasteiger partial charge in [0, 0.05) is 5.57 Å². The first-order valence-corrected chi connectivity index (χ1v) is 2.99. The van der Waals surface area contributed by atoms with E-state index in [1.54, 1.807) is 0 Å². The van der Waals surface area contributed by atoms with Crippen LogP contribution in [0.15, 0.2) is 11.0 Å². The first kappa shape index (κ1) is 6.40.